The molecule has 3 rings (SSSR count). The summed E-state index contributed by atoms with van der Waals surface area (Å²) in [7, 11) is 0. The molecule has 0 amide bonds. The van der Waals surface area contributed by atoms with Gasteiger partial charge in [0.15, 0.2) is 11.6 Å². The molecule has 1 aliphatic rings. The molecule has 0 spiro atoms. The zero-order chi connectivity index (χ0) is 22.1. The molecule has 2 aromatic carbocycles. The van der Waals surface area contributed by atoms with Gasteiger partial charge in [0, 0.05) is 16.9 Å². The van der Waals surface area contributed by atoms with Gasteiger partial charge in [-0.1, -0.05) is 100 Å². The third kappa shape index (κ3) is 6.38. The Morgan fingerprint density at radius 3 is 2.06 bits per heavy atom. The third-order valence-electron chi connectivity index (χ3n) is 6.55. The second-order valence-corrected chi connectivity index (χ2v) is 9.00. The molecule has 0 saturated carbocycles. The largest absolute Gasteiger partial charge is 0.204 e. The van der Waals surface area contributed by atoms with E-state index in [-0.39, 0.29) is 11.3 Å². The Morgan fingerprint density at radius 1 is 0.742 bits per heavy atom. The smallest absolute Gasteiger partial charge is 0.162 e. The third-order valence-corrected chi connectivity index (χ3v) is 6.55. The lowest BCUT2D eigenvalue weighted by molar-refractivity contribution is 0.402. The zero-order valence-electron chi connectivity index (χ0n) is 19.0. The van der Waals surface area contributed by atoms with Crippen LogP contribution in [-0.2, 0) is 12.8 Å². The molecule has 31 heavy (non-hydrogen) atoms. The summed E-state index contributed by atoms with van der Waals surface area (Å²) in [5.41, 5.74) is 3.20. The highest BCUT2D eigenvalue weighted by atomic mass is 19.2. The molecule has 0 aromatic heterocycles. The van der Waals surface area contributed by atoms with Gasteiger partial charge >= 0.3 is 0 Å². The van der Waals surface area contributed by atoms with Crippen LogP contribution in [0.3, 0.4) is 0 Å². The van der Waals surface area contributed by atoms with Gasteiger partial charge < -0.3 is 0 Å². The van der Waals surface area contributed by atoms with Crippen LogP contribution in [-0.4, -0.2) is 0 Å². The highest BCUT2D eigenvalue weighted by molar-refractivity contribution is 5.36. The predicted molar refractivity (Wildman–Crippen MR) is 127 cm³/mol. The highest BCUT2D eigenvalue weighted by Gasteiger charge is 2.27. The van der Waals surface area contributed by atoms with Crippen LogP contribution in [0.15, 0.2) is 66.8 Å². The number of aryl methyl sites for hydroxylation is 2. The van der Waals surface area contributed by atoms with Gasteiger partial charge in [-0.3, -0.25) is 0 Å². The first-order valence-corrected chi connectivity index (χ1v) is 12.0. The van der Waals surface area contributed by atoms with Crippen molar-refractivity contribution >= 4 is 0 Å². The summed E-state index contributed by atoms with van der Waals surface area (Å²) >= 11 is 0. The van der Waals surface area contributed by atoms with Crippen molar-refractivity contribution in [3.63, 3.8) is 0 Å². The summed E-state index contributed by atoms with van der Waals surface area (Å²) in [6.07, 6.45) is 19.1. The molecule has 0 bridgehead atoms. The molecular weight excluding hydrogens is 386 g/mol. The number of hydrogen-bond acceptors (Lipinski definition) is 0. The van der Waals surface area contributed by atoms with E-state index in [1.807, 2.05) is 12.2 Å². The van der Waals surface area contributed by atoms with Crippen LogP contribution in [0.2, 0.25) is 0 Å². The number of allylic oxidation sites excluding steroid dienone is 4. The fraction of sp³-hybridized carbons (Fsp3) is 0.448. The van der Waals surface area contributed by atoms with Gasteiger partial charge in [-0.25, -0.2) is 8.78 Å². The Bertz CT molecular complexity index is 862. The molecule has 0 aliphatic heterocycles. The van der Waals surface area contributed by atoms with Crippen molar-refractivity contribution in [2.75, 3.05) is 0 Å². The molecule has 0 atom stereocenters. The predicted octanol–water partition coefficient (Wildman–Crippen LogP) is 8.72. The zero-order valence-corrected chi connectivity index (χ0v) is 19.0. The van der Waals surface area contributed by atoms with E-state index in [0.717, 1.165) is 25.7 Å². The first-order chi connectivity index (χ1) is 15.1. The molecule has 2 aromatic rings. The average molecular weight is 423 g/mol. The number of unbranched alkanes of at least 4 members (excludes halogenated alkanes) is 3. The molecule has 0 heterocycles. The van der Waals surface area contributed by atoms with Gasteiger partial charge in [0.1, 0.15) is 0 Å². The molecule has 0 saturated heterocycles. The lowest BCUT2D eigenvalue weighted by atomic mass is 9.73. The Kier molecular flexibility index (Phi) is 8.63. The van der Waals surface area contributed by atoms with Gasteiger partial charge in [-0.05, 0) is 49.3 Å². The van der Waals surface area contributed by atoms with Gasteiger partial charge in [0.05, 0.1) is 0 Å². The van der Waals surface area contributed by atoms with Crippen molar-refractivity contribution < 1.29 is 8.78 Å². The van der Waals surface area contributed by atoms with E-state index in [2.05, 4.69) is 50.3 Å². The summed E-state index contributed by atoms with van der Waals surface area (Å²) < 4.78 is 27.8. The molecule has 0 unspecified atom stereocenters. The molecule has 166 valence electrons. The van der Waals surface area contributed by atoms with E-state index in [0.29, 0.717) is 5.56 Å². The summed E-state index contributed by atoms with van der Waals surface area (Å²) in [4.78, 5) is 0. The van der Waals surface area contributed by atoms with Crippen LogP contribution < -0.4 is 0 Å². The van der Waals surface area contributed by atoms with Crippen molar-refractivity contribution in [3.05, 3.63) is 95.1 Å². The standard InChI is InChI=1S/C29H36F2/c1-3-5-6-7-9-23-12-14-24(15-13-23)16-20-29(19-4-2)21-17-25(18-22-29)26-10-8-11-27(30)28(26)31/h8,10-15,17-18,21-22,25H,3-7,9,16,19-20H2,1-2H3. The number of rotatable bonds is 11. The minimum Gasteiger partial charge on any atom is -0.204 e. The fourth-order valence-corrected chi connectivity index (χ4v) is 4.62. The van der Waals surface area contributed by atoms with Crippen LogP contribution in [0, 0.1) is 17.0 Å². The van der Waals surface area contributed by atoms with Crippen LogP contribution in [0.1, 0.15) is 81.4 Å². The van der Waals surface area contributed by atoms with Crippen molar-refractivity contribution in [1.82, 2.24) is 0 Å². The summed E-state index contributed by atoms with van der Waals surface area (Å²) in [6.45, 7) is 4.45. The Labute approximate surface area is 187 Å². The quantitative estimate of drug-likeness (QED) is 0.251. The van der Waals surface area contributed by atoms with Gasteiger partial charge in [0.2, 0.25) is 0 Å². The normalized spacial score (nSPS) is 20.3. The SMILES string of the molecule is CCCCCCc1ccc(CCC2(CCC)C=CC(c3cccc(F)c3F)C=C2)cc1. The maximum Gasteiger partial charge on any atom is 0.162 e. The Balaban J connectivity index is 1.61. The Hall–Kier alpha value is -2.22. The van der Waals surface area contributed by atoms with Crippen molar-refractivity contribution in [2.24, 2.45) is 5.41 Å². The van der Waals surface area contributed by atoms with E-state index >= 15 is 0 Å². The maximum absolute atomic E-state index is 14.2. The first-order valence-electron chi connectivity index (χ1n) is 12.0. The molecule has 0 fully saturated rings. The lowest BCUT2D eigenvalue weighted by Crippen LogP contribution is -2.19. The molecule has 0 N–H and O–H groups in total. The van der Waals surface area contributed by atoms with Crippen LogP contribution in [0.25, 0.3) is 0 Å². The highest BCUT2D eigenvalue weighted by Crippen LogP contribution is 2.39. The van der Waals surface area contributed by atoms with E-state index in [1.165, 1.54) is 49.3 Å². The molecule has 2 heteroatoms. The number of hydrogen-bond donors (Lipinski definition) is 0. The van der Waals surface area contributed by atoms with Crippen LogP contribution in [0.5, 0.6) is 0 Å². The summed E-state index contributed by atoms with van der Waals surface area (Å²) in [6, 6.07) is 13.5. The molecule has 1 aliphatic carbocycles. The van der Waals surface area contributed by atoms with E-state index in [9.17, 15) is 8.78 Å². The molecule has 0 radical (unpaired) electrons. The van der Waals surface area contributed by atoms with Gasteiger partial charge in [-0.15, -0.1) is 0 Å². The van der Waals surface area contributed by atoms with Gasteiger partial charge in [-0.2, -0.15) is 0 Å². The van der Waals surface area contributed by atoms with Crippen LogP contribution >= 0.6 is 0 Å². The first kappa shape index (κ1) is 23.4. The molecular formula is C29H36F2. The minimum absolute atomic E-state index is 0.00608. The maximum atomic E-state index is 14.2. The topological polar surface area (TPSA) is 0 Å². The van der Waals surface area contributed by atoms with Gasteiger partial charge in [0.25, 0.3) is 0 Å². The van der Waals surface area contributed by atoms with E-state index in [1.54, 1.807) is 12.1 Å². The minimum atomic E-state index is -0.779. The van der Waals surface area contributed by atoms with Crippen molar-refractivity contribution in [2.45, 2.75) is 77.6 Å². The number of halogens is 2. The van der Waals surface area contributed by atoms with E-state index in [4.69, 9.17) is 0 Å². The van der Waals surface area contributed by atoms with Crippen LogP contribution in [0.4, 0.5) is 8.78 Å². The van der Waals surface area contributed by atoms with Crippen molar-refractivity contribution in [1.29, 1.82) is 0 Å². The molecule has 0 nitrogen and oxygen atoms in total. The van der Waals surface area contributed by atoms with Crippen molar-refractivity contribution in [3.8, 4) is 0 Å². The van der Waals surface area contributed by atoms with E-state index < -0.39 is 11.6 Å². The fourth-order valence-electron chi connectivity index (χ4n) is 4.62. The summed E-state index contributed by atoms with van der Waals surface area (Å²) in [5, 5.41) is 0. The average Bonchev–Trinajstić information content (AvgIpc) is 2.79. The second-order valence-electron chi connectivity index (χ2n) is 9.00. The monoisotopic (exact) mass is 422 g/mol. The second kappa shape index (κ2) is 11.4. The Morgan fingerprint density at radius 2 is 1.42 bits per heavy atom. The lowest BCUT2D eigenvalue weighted by Gasteiger charge is -2.31. The summed E-state index contributed by atoms with van der Waals surface area (Å²) in [5.74, 6) is -1.72. The number of benzene rings is 2.